The monoisotopic (exact) mass is 381 g/mol. The molecule has 1 atom stereocenters. The van der Waals surface area contributed by atoms with Gasteiger partial charge in [-0.25, -0.2) is 0 Å². The third-order valence-corrected chi connectivity index (χ3v) is 4.64. The Morgan fingerprint density at radius 1 is 1.00 bits per heavy atom. The first kappa shape index (κ1) is 21.6. The molecule has 0 spiro atoms. The molecule has 5 nitrogen and oxygen atoms in total. The largest absolute Gasteiger partial charge is 0.353 e. The Bertz CT molecular complexity index is 757. The van der Waals surface area contributed by atoms with Crippen molar-refractivity contribution in [2.75, 3.05) is 20.1 Å². The zero-order valence-electron chi connectivity index (χ0n) is 17.2. The first-order chi connectivity index (χ1) is 13.4. The fourth-order valence-electron chi connectivity index (χ4n) is 2.92. The summed E-state index contributed by atoms with van der Waals surface area (Å²) in [5.41, 5.74) is 2.89. The summed E-state index contributed by atoms with van der Waals surface area (Å²) >= 11 is 0. The molecule has 2 N–H and O–H groups in total. The van der Waals surface area contributed by atoms with Crippen molar-refractivity contribution in [3.8, 4) is 0 Å². The first-order valence-electron chi connectivity index (χ1n) is 9.74. The Morgan fingerprint density at radius 2 is 1.64 bits per heavy atom. The van der Waals surface area contributed by atoms with Gasteiger partial charge in [-0.3, -0.25) is 9.59 Å². The second kappa shape index (κ2) is 10.6. The van der Waals surface area contributed by atoms with Crippen molar-refractivity contribution >= 4 is 11.8 Å². The van der Waals surface area contributed by atoms with Crippen LogP contribution < -0.4 is 10.6 Å². The van der Waals surface area contributed by atoms with Gasteiger partial charge in [0.2, 0.25) is 5.91 Å². The summed E-state index contributed by atoms with van der Waals surface area (Å²) in [4.78, 5) is 27.2. The van der Waals surface area contributed by atoms with Gasteiger partial charge >= 0.3 is 0 Å². The highest BCUT2D eigenvalue weighted by atomic mass is 16.2. The third-order valence-electron chi connectivity index (χ3n) is 4.64. The Balaban J connectivity index is 1.83. The highest BCUT2D eigenvalue weighted by Crippen LogP contribution is 2.07. The van der Waals surface area contributed by atoms with Gasteiger partial charge < -0.3 is 15.5 Å². The summed E-state index contributed by atoms with van der Waals surface area (Å²) in [5.74, 6) is -0.380. The molecule has 1 unspecified atom stereocenters. The van der Waals surface area contributed by atoms with E-state index in [0.717, 1.165) is 18.7 Å². The van der Waals surface area contributed by atoms with E-state index in [4.69, 9.17) is 0 Å². The Hall–Kier alpha value is -2.66. The molecular weight excluding hydrogens is 350 g/mol. The summed E-state index contributed by atoms with van der Waals surface area (Å²) in [5, 5.41) is 5.82. The van der Waals surface area contributed by atoms with Gasteiger partial charge in [-0.05, 0) is 37.6 Å². The van der Waals surface area contributed by atoms with Crippen LogP contribution >= 0.6 is 0 Å². The molecule has 0 bridgehead atoms. The van der Waals surface area contributed by atoms with Crippen molar-refractivity contribution in [2.24, 2.45) is 5.92 Å². The average molecular weight is 382 g/mol. The number of amides is 2. The Labute approximate surface area is 168 Å². The van der Waals surface area contributed by atoms with Crippen molar-refractivity contribution < 1.29 is 9.59 Å². The molecule has 28 heavy (non-hydrogen) atoms. The first-order valence-corrected chi connectivity index (χ1v) is 9.74. The quantitative estimate of drug-likeness (QED) is 0.702. The van der Waals surface area contributed by atoms with Gasteiger partial charge in [-0.1, -0.05) is 61.9 Å². The zero-order valence-corrected chi connectivity index (χ0v) is 17.2. The lowest BCUT2D eigenvalue weighted by Crippen LogP contribution is -2.50. The highest BCUT2D eigenvalue weighted by Gasteiger charge is 2.24. The molecular formula is C23H31N3O2. The van der Waals surface area contributed by atoms with E-state index in [1.807, 2.05) is 58.2 Å². The van der Waals surface area contributed by atoms with E-state index in [0.29, 0.717) is 12.1 Å². The molecule has 2 aromatic carbocycles. The predicted octanol–water partition coefficient (Wildman–Crippen LogP) is 3.00. The smallest absolute Gasteiger partial charge is 0.251 e. The van der Waals surface area contributed by atoms with Crippen LogP contribution in [0.4, 0.5) is 0 Å². The van der Waals surface area contributed by atoms with Crippen molar-refractivity contribution in [3.63, 3.8) is 0 Å². The van der Waals surface area contributed by atoms with E-state index in [1.165, 1.54) is 5.56 Å². The van der Waals surface area contributed by atoms with Crippen molar-refractivity contribution in [3.05, 3.63) is 71.3 Å². The molecule has 2 rings (SSSR count). The highest BCUT2D eigenvalue weighted by molar-refractivity contribution is 5.97. The van der Waals surface area contributed by atoms with E-state index in [2.05, 4.69) is 27.7 Å². The van der Waals surface area contributed by atoms with Crippen LogP contribution in [0.25, 0.3) is 0 Å². The molecule has 2 aromatic rings. The number of nitrogens with one attached hydrogen (secondary N) is 2. The second-order valence-corrected chi connectivity index (χ2v) is 7.58. The molecule has 0 saturated carbocycles. The number of carbonyl (C=O) groups excluding carboxylic acids is 2. The topological polar surface area (TPSA) is 61.4 Å². The minimum atomic E-state index is -0.562. The lowest BCUT2D eigenvalue weighted by Gasteiger charge is -2.23. The maximum absolute atomic E-state index is 12.6. The van der Waals surface area contributed by atoms with E-state index in [-0.39, 0.29) is 17.7 Å². The van der Waals surface area contributed by atoms with Gasteiger partial charge in [0.25, 0.3) is 5.91 Å². The van der Waals surface area contributed by atoms with Crippen molar-refractivity contribution in [1.29, 1.82) is 0 Å². The number of hydrogen-bond donors (Lipinski definition) is 2. The summed E-state index contributed by atoms with van der Waals surface area (Å²) in [6.45, 7) is 7.93. The number of rotatable bonds is 9. The lowest BCUT2D eigenvalue weighted by atomic mass is 10.0. The molecule has 5 heteroatoms. The standard InChI is InChI=1S/C23H31N3O2/c1-17(2)21(25-22(27)20-12-10-18(3)11-13-20)23(28)24-14-15-26(4)16-19-8-6-5-7-9-19/h5-13,17,21H,14-16H2,1-4H3,(H,24,28)(H,25,27). The van der Waals surface area contributed by atoms with Gasteiger partial charge in [-0.2, -0.15) is 0 Å². The van der Waals surface area contributed by atoms with Crippen LogP contribution in [0.2, 0.25) is 0 Å². The van der Waals surface area contributed by atoms with Crippen LogP contribution in [0.15, 0.2) is 54.6 Å². The maximum atomic E-state index is 12.6. The normalized spacial score (nSPS) is 12.1. The number of nitrogens with zero attached hydrogens (tertiary/aromatic N) is 1. The van der Waals surface area contributed by atoms with E-state index >= 15 is 0 Å². The van der Waals surface area contributed by atoms with Gasteiger partial charge in [0.1, 0.15) is 6.04 Å². The minimum absolute atomic E-state index is 0.00329. The SMILES string of the molecule is Cc1ccc(C(=O)NC(C(=O)NCCN(C)Cc2ccccc2)C(C)C)cc1. The summed E-state index contributed by atoms with van der Waals surface area (Å²) in [7, 11) is 2.03. The van der Waals surface area contributed by atoms with Gasteiger partial charge in [0, 0.05) is 25.2 Å². The molecule has 2 amide bonds. The molecule has 0 fully saturated rings. The van der Waals surface area contributed by atoms with E-state index < -0.39 is 6.04 Å². The summed E-state index contributed by atoms with van der Waals surface area (Å²) in [6, 6.07) is 17.0. The molecule has 0 heterocycles. The van der Waals surface area contributed by atoms with Gasteiger partial charge in [-0.15, -0.1) is 0 Å². The predicted molar refractivity (Wildman–Crippen MR) is 113 cm³/mol. The zero-order chi connectivity index (χ0) is 20.5. The molecule has 0 radical (unpaired) electrons. The average Bonchev–Trinajstić information content (AvgIpc) is 2.66. The van der Waals surface area contributed by atoms with E-state index in [9.17, 15) is 9.59 Å². The molecule has 0 aliphatic rings. The van der Waals surface area contributed by atoms with Gasteiger partial charge in [0.05, 0.1) is 0 Å². The van der Waals surface area contributed by atoms with Gasteiger partial charge in [0.15, 0.2) is 0 Å². The number of likely N-dealkylation sites (N-methyl/N-ethyl adjacent to an activating group) is 1. The second-order valence-electron chi connectivity index (χ2n) is 7.58. The van der Waals surface area contributed by atoms with Crippen molar-refractivity contribution in [1.82, 2.24) is 15.5 Å². The number of benzene rings is 2. The minimum Gasteiger partial charge on any atom is -0.353 e. The molecule has 0 aromatic heterocycles. The van der Waals surface area contributed by atoms with Crippen molar-refractivity contribution in [2.45, 2.75) is 33.4 Å². The summed E-state index contributed by atoms with van der Waals surface area (Å²) < 4.78 is 0. The molecule has 0 saturated heterocycles. The maximum Gasteiger partial charge on any atom is 0.251 e. The summed E-state index contributed by atoms with van der Waals surface area (Å²) in [6.07, 6.45) is 0. The number of carbonyl (C=O) groups is 2. The number of hydrogen-bond acceptors (Lipinski definition) is 3. The van der Waals surface area contributed by atoms with Crippen LogP contribution in [-0.2, 0) is 11.3 Å². The Morgan fingerprint density at radius 3 is 2.25 bits per heavy atom. The third kappa shape index (κ3) is 6.82. The van der Waals surface area contributed by atoms with Crippen LogP contribution in [0.1, 0.15) is 35.3 Å². The van der Waals surface area contributed by atoms with Crippen LogP contribution in [0.3, 0.4) is 0 Å². The number of aryl methyl sites for hydroxylation is 1. The molecule has 0 aliphatic carbocycles. The fraction of sp³-hybridized carbons (Fsp3) is 0.391. The Kier molecular flexibility index (Phi) is 8.20. The molecule has 150 valence electrons. The lowest BCUT2D eigenvalue weighted by molar-refractivity contribution is -0.124. The molecule has 0 aliphatic heterocycles. The van der Waals surface area contributed by atoms with Crippen LogP contribution in [0.5, 0.6) is 0 Å². The van der Waals surface area contributed by atoms with Crippen LogP contribution in [0, 0.1) is 12.8 Å². The fourth-order valence-corrected chi connectivity index (χ4v) is 2.92. The van der Waals surface area contributed by atoms with Crippen LogP contribution in [-0.4, -0.2) is 42.9 Å². The van der Waals surface area contributed by atoms with E-state index in [1.54, 1.807) is 12.1 Å².